The second-order valence-corrected chi connectivity index (χ2v) is 13.3. The van der Waals surface area contributed by atoms with Crippen LogP contribution in [0.15, 0.2) is 65.3 Å². The molecule has 3 aliphatic rings. The van der Waals surface area contributed by atoms with E-state index in [1.807, 2.05) is 57.2 Å². The van der Waals surface area contributed by atoms with Crippen molar-refractivity contribution in [3.05, 3.63) is 81.9 Å². The number of aromatic hydroxyl groups is 1. The summed E-state index contributed by atoms with van der Waals surface area (Å²) >= 11 is 0. The summed E-state index contributed by atoms with van der Waals surface area (Å²) in [7, 11) is 3.20. The monoisotopic (exact) mass is 597 g/mol. The van der Waals surface area contributed by atoms with E-state index < -0.39 is 63.5 Å². The fourth-order valence-corrected chi connectivity index (χ4v) is 7.37. The number of hydrogen-bond donors (Lipinski definition) is 5. The number of fused-ring (bicyclic) bond motifs is 4. The molecule has 10 heteroatoms. The van der Waals surface area contributed by atoms with E-state index in [9.17, 15) is 34.8 Å². The van der Waals surface area contributed by atoms with Crippen molar-refractivity contribution < 1.29 is 34.8 Å². The van der Waals surface area contributed by atoms with E-state index in [4.69, 9.17) is 5.73 Å². The number of nitrogens with two attached hydrogens (primary N) is 1. The molecule has 0 fully saturated rings. The van der Waals surface area contributed by atoms with Gasteiger partial charge in [0.05, 0.1) is 17.1 Å². The van der Waals surface area contributed by atoms with Crippen LogP contribution in [0.1, 0.15) is 48.7 Å². The predicted octanol–water partition coefficient (Wildman–Crippen LogP) is 3.63. The Morgan fingerprint density at radius 3 is 2.41 bits per heavy atom. The van der Waals surface area contributed by atoms with E-state index >= 15 is 0 Å². The van der Waals surface area contributed by atoms with Gasteiger partial charge in [-0.2, -0.15) is 0 Å². The lowest BCUT2D eigenvalue weighted by atomic mass is 9.58. The van der Waals surface area contributed by atoms with Crippen LogP contribution in [0.2, 0.25) is 0 Å². The number of phenolic OH excluding ortho intramolecular Hbond substituents is 1. The fraction of sp³-hybridized carbons (Fsp3) is 0.353. The van der Waals surface area contributed by atoms with Crippen LogP contribution in [0.3, 0.4) is 0 Å². The first-order valence-corrected chi connectivity index (χ1v) is 14.5. The van der Waals surface area contributed by atoms with Crippen LogP contribution in [0, 0.1) is 11.8 Å². The Kier molecular flexibility index (Phi) is 6.53. The number of rotatable bonds is 3. The van der Waals surface area contributed by atoms with Gasteiger partial charge < -0.3 is 26.2 Å². The molecule has 44 heavy (non-hydrogen) atoms. The third kappa shape index (κ3) is 4.01. The van der Waals surface area contributed by atoms with E-state index in [0.29, 0.717) is 16.7 Å². The molecule has 228 valence electrons. The molecule has 3 aliphatic carbocycles. The molecule has 0 bridgehead atoms. The van der Waals surface area contributed by atoms with Gasteiger partial charge in [0.15, 0.2) is 11.4 Å². The van der Waals surface area contributed by atoms with E-state index in [-0.39, 0.29) is 29.7 Å². The zero-order valence-corrected chi connectivity index (χ0v) is 25.2. The lowest BCUT2D eigenvalue weighted by molar-refractivity contribution is -0.148. The number of hydrogen-bond acceptors (Lipinski definition) is 9. The number of amides is 1. The Bertz CT molecular complexity index is 1870. The zero-order valence-electron chi connectivity index (χ0n) is 25.2. The van der Waals surface area contributed by atoms with Gasteiger partial charge >= 0.3 is 0 Å². The highest BCUT2D eigenvalue weighted by atomic mass is 16.3. The van der Waals surface area contributed by atoms with Gasteiger partial charge in [0.1, 0.15) is 22.8 Å². The number of ketones is 2. The minimum absolute atomic E-state index is 0.0126. The van der Waals surface area contributed by atoms with Crippen LogP contribution in [0.5, 0.6) is 5.75 Å². The van der Waals surface area contributed by atoms with E-state index in [1.54, 1.807) is 20.3 Å². The molecule has 0 aliphatic heterocycles. The number of carbonyl (C=O) groups excluding carboxylic acids is 3. The van der Waals surface area contributed by atoms with Gasteiger partial charge in [-0.1, -0.05) is 39.0 Å². The van der Waals surface area contributed by atoms with E-state index in [1.165, 1.54) is 4.90 Å². The van der Waals surface area contributed by atoms with Crippen LogP contribution < -0.4 is 5.73 Å². The Morgan fingerprint density at radius 2 is 1.77 bits per heavy atom. The number of likely N-dealkylation sites (N-methyl/N-ethyl adjacent to an activating group) is 1. The van der Waals surface area contributed by atoms with Crippen LogP contribution in [0.4, 0.5) is 0 Å². The molecule has 1 amide bonds. The molecule has 0 radical (unpaired) electrons. The number of allylic oxidation sites excluding steroid dienone is 1. The maximum atomic E-state index is 14.4. The van der Waals surface area contributed by atoms with Crippen LogP contribution >= 0.6 is 0 Å². The largest absolute Gasteiger partial charge is 0.510 e. The van der Waals surface area contributed by atoms with Crippen molar-refractivity contribution in [1.82, 2.24) is 9.88 Å². The van der Waals surface area contributed by atoms with Crippen molar-refractivity contribution in [3.8, 4) is 16.9 Å². The molecular formula is C34H35N3O7. The molecule has 0 spiro atoms. The third-order valence-corrected chi connectivity index (χ3v) is 9.43. The predicted molar refractivity (Wildman–Crippen MR) is 163 cm³/mol. The fourth-order valence-electron chi connectivity index (χ4n) is 7.37. The Balaban J connectivity index is 1.61. The second kappa shape index (κ2) is 9.73. The van der Waals surface area contributed by atoms with Gasteiger partial charge in [0.2, 0.25) is 5.78 Å². The number of Topliss-reactive ketones (excluding diaryl/α,β-unsaturated/α-hetero) is 2. The summed E-state index contributed by atoms with van der Waals surface area (Å²) in [5, 5.41) is 47.1. The van der Waals surface area contributed by atoms with E-state index in [2.05, 4.69) is 4.98 Å². The summed E-state index contributed by atoms with van der Waals surface area (Å²) in [6.45, 7) is 5.72. The number of phenols is 1. The summed E-state index contributed by atoms with van der Waals surface area (Å²) in [4.78, 5) is 46.4. The average molecular weight is 598 g/mol. The standard InChI is InChI=1S/C34H35N3O7/c1-33(2,3)21-13-18(17-10-15-8-6-7-9-22(15)36-14-17)19-11-16-12-20-26(37(4)5)29(40)25(32(35)43)31(42)34(20,44)30(41)23(16)28(39)24(19)27(21)38/h6-10,13-14,16,20,26,38,40-41,44H,11-12H2,1-5H3,(H2,35,43). The van der Waals surface area contributed by atoms with Gasteiger partial charge in [-0.15, -0.1) is 0 Å². The van der Waals surface area contributed by atoms with E-state index in [0.717, 1.165) is 16.5 Å². The maximum Gasteiger partial charge on any atom is 0.255 e. The van der Waals surface area contributed by atoms with Gasteiger partial charge in [0, 0.05) is 34.2 Å². The summed E-state index contributed by atoms with van der Waals surface area (Å²) < 4.78 is 0. The Labute approximate surface area is 254 Å². The first kappa shape index (κ1) is 29.5. The number of aliphatic hydroxyl groups excluding tert-OH is 2. The van der Waals surface area contributed by atoms with Crippen LogP contribution in [0.25, 0.3) is 22.0 Å². The Hall–Kier alpha value is -4.54. The minimum atomic E-state index is -2.69. The van der Waals surface area contributed by atoms with Gasteiger partial charge in [-0.25, -0.2) is 0 Å². The molecule has 1 heterocycles. The zero-order chi connectivity index (χ0) is 32.0. The highest BCUT2D eigenvalue weighted by Gasteiger charge is 2.63. The lowest BCUT2D eigenvalue weighted by Crippen LogP contribution is -2.63. The molecule has 4 atom stereocenters. The number of aromatic nitrogens is 1. The normalized spacial score (nSPS) is 25.3. The van der Waals surface area contributed by atoms with Gasteiger partial charge in [-0.05, 0) is 67.6 Å². The molecule has 10 nitrogen and oxygen atoms in total. The molecule has 6 rings (SSSR count). The number of carbonyl (C=O) groups is 3. The molecule has 0 saturated carbocycles. The van der Waals surface area contributed by atoms with Gasteiger partial charge in [0.25, 0.3) is 5.91 Å². The van der Waals surface area contributed by atoms with Crippen LogP contribution in [-0.4, -0.2) is 73.5 Å². The maximum absolute atomic E-state index is 14.4. The molecule has 1 aromatic heterocycles. The number of pyridine rings is 1. The number of aliphatic hydroxyl groups is 3. The molecule has 3 aromatic rings. The molecule has 0 saturated heterocycles. The first-order valence-electron chi connectivity index (χ1n) is 14.5. The molecule has 6 N–H and O–H groups in total. The van der Waals surface area contributed by atoms with Crippen molar-refractivity contribution in [3.63, 3.8) is 0 Å². The van der Waals surface area contributed by atoms with Crippen molar-refractivity contribution in [2.75, 3.05) is 14.1 Å². The highest BCUT2D eigenvalue weighted by Crippen LogP contribution is 2.54. The molecule has 4 unspecified atom stereocenters. The summed E-state index contributed by atoms with van der Waals surface area (Å²) in [6.07, 6.45) is 1.93. The van der Waals surface area contributed by atoms with Gasteiger partial charge in [-0.3, -0.25) is 24.3 Å². The summed E-state index contributed by atoms with van der Waals surface area (Å²) in [5.74, 6) is -6.72. The number of para-hydroxylation sites is 1. The van der Waals surface area contributed by atoms with Crippen molar-refractivity contribution in [1.29, 1.82) is 0 Å². The summed E-state index contributed by atoms with van der Waals surface area (Å²) in [5.41, 5.74) is 4.45. The van der Waals surface area contributed by atoms with Crippen LogP contribution in [-0.2, 0) is 21.4 Å². The van der Waals surface area contributed by atoms with Crippen molar-refractivity contribution in [2.24, 2.45) is 17.6 Å². The first-order chi connectivity index (χ1) is 20.6. The summed E-state index contributed by atoms with van der Waals surface area (Å²) in [6, 6.07) is 10.4. The van der Waals surface area contributed by atoms with Crippen molar-refractivity contribution in [2.45, 2.75) is 50.7 Å². The number of benzene rings is 2. The smallest absolute Gasteiger partial charge is 0.255 e. The minimum Gasteiger partial charge on any atom is -0.510 e. The topological polar surface area (TPSA) is 174 Å². The van der Waals surface area contributed by atoms with Crippen molar-refractivity contribution >= 4 is 28.4 Å². The highest BCUT2D eigenvalue weighted by molar-refractivity contribution is 6.25. The quantitative estimate of drug-likeness (QED) is 0.282. The Morgan fingerprint density at radius 1 is 1.09 bits per heavy atom. The second-order valence-electron chi connectivity index (χ2n) is 13.3. The number of nitrogens with zero attached hydrogens (tertiary/aromatic N) is 2. The molecular weight excluding hydrogens is 562 g/mol. The average Bonchev–Trinajstić information content (AvgIpc) is 2.94. The third-order valence-electron chi connectivity index (χ3n) is 9.43. The molecule has 2 aromatic carbocycles. The number of primary amides is 1. The SMILES string of the molecule is CN(C)C1C(O)=C(C(N)=O)C(=O)C2(O)C(O)=C3C(=O)c4c(O)c(C(C)(C)C)cc(-c5cnc6ccccc6c5)c4CC3CC12. The lowest BCUT2D eigenvalue weighted by Gasteiger charge is -2.50.